The Morgan fingerprint density at radius 3 is 2.30 bits per heavy atom. The summed E-state index contributed by atoms with van der Waals surface area (Å²) in [6.07, 6.45) is 0. The summed E-state index contributed by atoms with van der Waals surface area (Å²) in [6, 6.07) is 11.2. The number of nitrogens with one attached hydrogen (secondary N) is 1. The molecule has 1 heterocycles. The summed E-state index contributed by atoms with van der Waals surface area (Å²) in [6.45, 7) is 9.62. The lowest BCUT2D eigenvalue weighted by Gasteiger charge is -2.37. The molecule has 1 saturated heterocycles. The summed E-state index contributed by atoms with van der Waals surface area (Å²) in [7, 11) is 0. The van der Waals surface area contributed by atoms with Crippen LogP contribution in [0, 0.1) is 0 Å². The van der Waals surface area contributed by atoms with E-state index >= 15 is 0 Å². The first-order valence-corrected chi connectivity index (χ1v) is 7.58. The number of rotatable bonds is 6. The lowest BCUT2D eigenvalue weighted by Crippen LogP contribution is -2.52. The van der Waals surface area contributed by atoms with Crippen molar-refractivity contribution in [2.75, 3.05) is 44.2 Å². The zero-order valence-corrected chi connectivity index (χ0v) is 12.6. The van der Waals surface area contributed by atoms with Gasteiger partial charge in [-0.1, -0.05) is 32.0 Å². The largest absolute Gasteiger partial charge is 0.395 e. The molecule has 2 N–H and O–H groups in total. The third-order valence-corrected chi connectivity index (χ3v) is 3.76. The van der Waals surface area contributed by atoms with E-state index in [0.717, 1.165) is 32.7 Å². The average Bonchev–Trinajstić information content (AvgIpc) is 2.48. The highest BCUT2D eigenvalue weighted by molar-refractivity contribution is 5.46. The van der Waals surface area contributed by atoms with Crippen LogP contribution in [0.15, 0.2) is 30.3 Å². The van der Waals surface area contributed by atoms with Gasteiger partial charge in [-0.15, -0.1) is 0 Å². The first kappa shape index (κ1) is 15.3. The van der Waals surface area contributed by atoms with Crippen molar-refractivity contribution in [3.05, 3.63) is 30.3 Å². The Balaban J connectivity index is 1.79. The molecule has 112 valence electrons. The maximum atomic E-state index is 9.44. The summed E-state index contributed by atoms with van der Waals surface area (Å²) in [5.41, 5.74) is 1.31. The Labute approximate surface area is 122 Å². The van der Waals surface area contributed by atoms with Crippen LogP contribution in [0.4, 0.5) is 5.69 Å². The number of benzene rings is 1. The number of hydrogen-bond acceptors (Lipinski definition) is 4. The minimum Gasteiger partial charge on any atom is -0.395 e. The maximum absolute atomic E-state index is 9.44. The van der Waals surface area contributed by atoms with Gasteiger partial charge in [0.1, 0.15) is 0 Å². The van der Waals surface area contributed by atoms with Gasteiger partial charge in [-0.25, -0.2) is 0 Å². The predicted molar refractivity (Wildman–Crippen MR) is 84.2 cm³/mol. The standard InChI is InChI=1S/C16H27N3O/c1-14(2)17-15(13-20)12-18-8-10-19(11-9-18)16-6-4-3-5-7-16/h3-7,14-15,17,20H,8-13H2,1-2H3. The topological polar surface area (TPSA) is 38.7 Å². The van der Waals surface area contributed by atoms with Crippen molar-refractivity contribution in [3.63, 3.8) is 0 Å². The number of aliphatic hydroxyl groups excluding tert-OH is 1. The van der Waals surface area contributed by atoms with Crippen LogP contribution in [0.5, 0.6) is 0 Å². The molecule has 0 bridgehead atoms. The zero-order chi connectivity index (χ0) is 14.4. The highest BCUT2D eigenvalue weighted by atomic mass is 16.3. The van der Waals surface area contributed by atoms with Crippen molar-refractivity contribution in [2.24, 2.45) is 0 Å². The Hall–Kier alpha value is -1.10. The van der Waals surface area contributed by atoms with Crippen LogP contribution in [-0.2, 0) is 0 Å². The maximum Gasteiger partial charge on any atom is 0.0597 e. The Morgan fingerprint density at radius 1 is 1.10 bits per heavy atom. The molecular weight excluding hydrogens is 250 g/mol. The lowest BCUT2D eigenvalue weighted by atomic mass is 10.2. The van der Waals surface area contributed by atoms with E-state index in [9.17, 15) is 5.11 Å². The van der Waals surface area contributed by atoms with Crippen molar-refractivity contribution < 1.29 is 5.11 Å². The minimum atomic E-state index is 0.179. The molecule has 1 unspecified atom stereocenters. The van der Waals surface area contributed by atoms with E-state index in [1.807, 2.05) is 0 Å². The molecule has 1 fully saturated rings. The lowest BCUT2D eigenvalue weighted by molar-refractivity contribution is 0.170. The van der Waals surface area contributed by atoms with Crippen LogP contribution in [-0.4, -0.2) is 61.4 Å². The first-order chi connectivity index (χ1) is 9.69. The van der Waals surface area contributed by atoms with E-state index in [0.29, 0.717) is 6.04 Å². The summed E-state index contributed by atoms with van der Waals surface area (Å²) in [5, 5.41) is 12.9. The molecule has 0 saturated carbocycles. The van der Waals surface area contributed by atoms with E-state index in [1.54, 1.807) is 0 Å². The van der Waals surface area contributed by atoms with Gasteiger partial charge in [0.2, 0.25) is 0 Å². The molecule has 1 aliphatic heterocycles. The predicted octanol–water partition coefficient (Wildman–Crippen LogP) is 1.17. The van der Waals surface area contributed by atoms with Gasteiger partial charge in [-0.05, 0) is 12.1 Å². The first-order valence-electron chi connectivity index (χ1n) is 7.58. The van der Waals surface area contributed by atoms with Gasteiger partial charge in [-0.2, -0.15) is 0 Å². The second-order valence-corrected chi connectivity index (χ2v) is 5.82. The molecule has 1 aliphatic rings. The SMILES string of the molecule is CC(C)NC(CO)CN1CCN(c2ccccc2)CC1. The van der Waals surface area contributed by atoms with Gasteiger partial charge in [0.25, 0.3) is 0 Å². The van der Waals surface area contributed by atoms with E-state index in [-0.39, 0.29) is 12.6 Å². The van der Waals surface area contributed by atoms with Gasteiger partial charge in [-0.3, -0.25) is 4.90 Å². The van der Waals surface area contributed by atoms with Crippen LogP contribution in [0.1, 0.15) is 13.8 Å². The van der Waals surface area contributed by atoms with Crippen LogP contribution in [0.2, 0.25) is 0 Å². The van der Waals surface area contributed by atoms with Crippen molar-refractivity contribution in [1.82, 2.24) is 10.2 Å². The molecule has 1 atom stereocenters. The van der Waals surface area contributed by atoms with Crippen molar-refractivity contribution in [2.45, 2.75) is 25.9 Å². The second kappa shape index (κ2) is 7.62. The molecular formula is C16H27N3O. The molecule has 0 radical (unpaired) electrons. The number of hydrogen-bond donors (Lipinski definition) is 2. The summed E-state index contributed by atoms with van der Waals surface area (Å²) < 4.78 is 0. The van der Waals surface area contributed by atoms with Crippen molar-refractivity contribution in [1.29, 1.82) is 0 Å². The number of anilines is 1. The van der Waals surface area contributed by atoms with Gasteiger partial charge >= 0.3 is 0 Å². The summed E-state index contributed by atoms with van der Waals surface area (Å²) >= 11 is 0. The Morgan fingerprint density at radius 2 is 1.75 bits per heavy atom. The summed E-state index contributed by atoms with van der Waals surface area (Å²) in [5.74, 6) is 0. The monoisotopic (exact) mass is 277 g/mol. The molecule has 0 amide bonds. The van der Waals surface area contributed by atoms with Crippen molar-refractivity contribution >= 4 is 5.69 Å². The van der Waals surface area contributed by atoms with E-state index in [2.05, 4.69) is 59.3 Å². The van der Waals surface area contributed by atoms with Crippen LogP contribution in [0.25, 0.3) is 0 Å². The fraction of sp³-hybridized carbons (Fsp3) is 0.625. The molecule has 0 spiro atoms. The number of nitrogens with zero attached hydrogens (tertiary/aromatic N) is 2. The average molecular weight is 277 g/mol. The van der Waals surface area contributed by atoms with Gasteiger partial charge < -0.3 is 15.3 Å². The molecule has 2 rings (SSSR count). The van der Waals surface area contributed by atoms with Crippen LogP contribution >= 0.6 is 0 Å². The normalized spacial score (nSPS) is 18.5. The Kier molecular flexibility index (Phi) is 5.83. The molecule has 4 nitrogen and oxygen atoms in total. The second-order valence-electron chi connectivity index (χ2n) is 5.82. The van der Waals surface area contributed by atoms with Crippen molar-refractivity contribution in [3.8, 4) is 0 Å². The van der Waals surface area contributed by atoms with E-state index in [4.69, 9.17) is 0 Å². The van der Waals surface area contributed by atoms with E-state index < -0.39 is 0 Å². The minimum absolute atomic E-state index is 0.179. The third-order valence-electron chi connectivity index (χ3n) is 3.76. The highest BCUT2D eigenvalue weighted by Crippen LogP contribution is 2.15. The van der Waals surface area contributed by atoms with Crippen LogP contribution in [0.3, 0.4) is 0 Å². The van der Waals surface area contributed by atoms with Gasteiger partial charge in [0.05, 0.1) is 6.61 Å². The number of para-hydroxylation sites is 1. The van der Waals surface area contributed by atoms with Gasteiger partial charge in [0, 0.05) is 50.5 Å². The quantitative estimate of drug-likeness (QED) is 0.819. The smallest absolute Gasteiger partial charge is 0.0597 e. The number of aliphatic hydroxyl groups is 1. The summed E-state index contributed by atoms with van der Waals surface area (Å²) in [4.78, 5) is 4.87. The molecule has 4 heteroatoms. The molecule has 0 aliphatic carbocycles. The fourth-order valence-electron chi connectivity index (χ4n) is 2.77. The van der Waals surface area contributed by atoms with E-state index in [1.165, 1.54) is 5.69 Å². The zero-order valence-electron chi connectivity index (χ0n) is 12.6. The number of piperazine rings is 1. The Bertz CT molecular complexity index is 375. The molecule has 0 aromatic heterocycles. The highest BCUT2D eigenvalue weighted by Gasteiger charge is 2.20. The van der Waals surface area contributed by atoms with Gasteiger partial charge in [0.15, 0.2) is 0 Å². The van der Waals surface area contributed by atoms with Crippen LogP contribution < -0.4 is 10.2 Å². The fourth-order valence-corrected chi connectivity index (χ4v) is 2.77. The molecule has 1 aromatic rings. The molecule has 20 heavy (non-hydrogen) atoms. The molecule has 1 aromatic carbocycles. The third kappa shape index (κ3) is 4.47.